The largest absolute Gasteiger partial charge is 0.392 e. The first-order valence-electron chi connectivity index (χ1n) is 5.80. The number of nitrogens with zero attached hydrogens (tertiary/aromatic N) is 2. The molecule has 1 aromatic heterocycles. The quantitative estimate of drug-likeness (QED) is 0.771. The third-order valence-electron chi connectivity index (χ3n) is 2.54. The zero-order valence-corrected chi connectivity index (χ0v) is 10.2. The number of hydrogen-bond acceptors (Lipinski definition) is 4. The van der Waals surface area contributed by atoms with Gasteiger partial charge in [0.05, 0.1) is 6.61 Å². The van der Waals surface area contributed by atoms with Crippen molar-refractivity contribution in [1.82, 2.24) is 15.5 Å². The molecule has 0 aliphatic heterocycles. The minimum atomic E-state index is -0.367. The number of aliphatic hydroxyl groups excluding tert-OH is 1. The molecule has 6 nitrogen and oxygen atoms in total. The monoisotopic (exact) mass is 258 g/mol. The number of urea groups is 1. The van der Waals surface area contributed by atoms with Crippen LogP contribution < -0.4 is 10.6 Å². The highest BCUT2D eigenvalue weighted by molar-refractivity contribution is 5.87. The lowest BCUT2D eigenvalue weighted by Crippen LogP contribution is -2.29. The van der Waals surface area contributed by atoms with E-state index in [9.17, 15) is 9.90 Å². The molecule has 0 unspecified atom stereocenters. The fourth-order valence-corrected chi connectivity index (χ4v) is 1.59. The first-order valence-corrected chi connectivity index (χ1v) is 5.80. The van der Waals surface area contributed by atoms with E-state index in [1.807, 2.05) is 24.3 Å². The van der Waals surface area contributed by atoms with Gasteiger partial charge in [0.25, 0.3) is 0 Å². The number of aliphatic hydroxyl groups is 1. The smallest absolute Gasteiger partial charge is 0.320 e. The van der Waals surface area contributed by atoms with Crippen LogP contribution in [-0.2, 0) is 13.2 Å². The van der Waals surface area contributed by atoms with Crippen molar-refractivity contribution in [2.75, 3.05) is 5.32 Å². The Morgan fingerprint density at radius 2 is 1.95 bits per heavy atom. The zero-order chi connectivity index (χ0) is 13.5. The highest BCUT2D eigenvalue weighted by atomic mass is 16.3. The highest BCUT2D eigenvalue weighted by Crippen LogP contribution is 2.08. The van der Waals surface area contributed by atoms with E-state index in [0.717, 1.165) is 11.1 Å². The van der Waals surface area contributed by atoms with Crippen molar-refractivity contribution in [2.45, 2.75) is 13.2 Å². The van der Waals surface area contributed by atoms with Crippen molar-refractivity contribution in [3.63, 3.8) is 0 Å². The molecular weight excluding hydrogens is 244 g/mol. The summed E-state index contributed by atoms with van der Waals surface area (Å²) in [4.78, 5) is 11.6. The van der Waals surface area contributed by atoms with Crippen LogP contribution in [0.5, 0.6) is 0 Å². The predicted octanol–water partition coefficient (Wildman–Crippen LogP) is 1.29. The summed E-state index contributed by atoms with van der Waals surface area (Å²) in [6, 6.07) is 10.3. The molecular formula is C13H14N4O2. The number of aromatic nitrogens is 2. The number of rotatable bonds is 4. The average molecular weight is 258 g/mol. The molecule has 19 heavy (non-hydrogen) atoms. The van der Waals surface area contributed by atoms with Gasteiger partial charge in [0.15, 0.2) is 5.82 Å². The molecule has 2 aromatic rings. The molecule has 98 valence electrons. The van der Waals surface area contributed by atoms with Crippen LogP contribution in [0.25, 0.3) is 0 Å². The maximum atomic E-state index is 11.6. The van der Waals surface area contributed by atoms with Crippen LogP contribution in [-0.4, -0.2) is 21.3 Å². The van der Waals surface area contributed by atoms with Gasteiger partial charge in [-0.3, -0.25) is 5.32 Å². The first kappa shape index (κ1) is 13.0. The number of amides is 2. The Morgan fingerprint density at radius 3 is 2.63 bits per heavy atom. The van der Waals surface area contributed by atoms with Crippen LogP contribution in [0.3, 0.4) is 0 Å². The van der Waals surface area contributed by atoms with Crippen LogP contribution in [0.15, 0.2) is 42.6 Å². The van der Waals surface area contributed by atoms with Gasteiger partial charge in [-0.25, -0.2) is 4.79 Å². The molecule has 0 radical (unpaired) electrons. The van der Waals surface area contributed by atoms with Crippen molar-refractivity contribution in [1.29, 1.82) is 0 Å². The third kappa shape index (κ3) is 3.75. The van der Waals surface area contributed by atoms with Gasteiger partial charge in [0.1, 0.15) is 0 Å². The second kappa shape index (κ2) is 6.46. The molecule has 0 spiro atoms. The van der Waals surface area contributed by atoms with Crippen LogP contribution in [0.1, 0.15) is 11.1 Å². The minimum Gasteiger partial charge on any atom is -0.392 e. The molecule has 2 amide bonds. The maximum Gasteiger partial charge on any atom is 0.320 e. The molecule has 0 fully saturated rings. The summed E-state index contributed by atoms with van der Waals surface area (Å²) in [5.41, 5.74) is 1.67. The van der Waals surface area contributed by atoms with Gasteiger partial charge in [0, 0.05) is 12.7 Å². The van der Waals surface area contributed by atoms with Gasteiger partial charge >= 0.3 is 6.03 Å². The minimum absolute atomic E-state index is 0.0520. The zero-order valence-electron chi connectivity index (χ0n) is 10.2. The molecule has 0 atom stereocenters. The number of nitrogens with one attached hydrogen (secondary N) is 2. The van der Waals surface area contributed by atoms with Crippen molar-refractivity contribution in [3.8, 4) is 0 Å². The van der Waals surface area contributed by atoms with E-state index in [2.05, 4.69) is 20.8 Å². The van der Waals surface area contributed by atoms with Gasteiger partial charge in [-0.2, -0.15) is 5.10 Å². The summed E-state index contributed by atoms with van der Waals surface area (Å²) in [7, 11) is 0. The summed E-state index contributed by atoms with van der Waals surface area (Å²) < 4.78 is 0. The number of carbonyl (C=O) groups is 1. The van der Waals surface area contributed by atoms with Gasteiger partial charge < -0.3 is 10.4 Å². The predicted molar refractivity (Wildman–Crippen MR) is 70.3 cm³/mol. The van der Waals surface area contributed by atoms with E-state index >= 15 is 0 Å². The fraction of sp³-hybridized carbons (Fsp3) is 0.154. The van der Waals surface area contributed by atoms with Gasteiger partial charge in [-0.05, 0) is 23.3 Å². The summed E-state index contributed by atoms with van der Waals surface area (Å²) in [5, 5.41) is 21.8. The van der Waals surface area contributed by atoms with E-state index in [-0.39, 0.29) is 12.6 Å². The van der Waals surface area contributed by atoms with Crippen molar-refractivity contribution in [2.24, 2.45) is 0 Å². The van der Waals surface area contributed by atoms with E-state index < -0.39 is 0 Å². The topological polar surface area (TPSA) is 87.1 Å². The van der Waals surface area contributed by atoms with E-state index in [0.29, 0.717) is 12.4 Å². The molecule has 1 heterocycles. The molecule has 3 N–H and O–H groups in total. The lowest BCUT2D eigenvalue weighted by Gasteiger charge is -2.09. The molecule has 0 saturated heterocycles. The molecule has 1 aromatic carbocycles. The number of hydrogen-bond donors (Lipinski definition) is 3. The third-order valence-corrected chi connectivity index (χ3v) is 2.54. The Hall–Kier alpha value is -2.47. The number of benzene rings is 1. The molecule has 0 aliphatic carbocycles. The number of carbonyl (C=O) groups excluding carboxylic acids is 1. The molecule has 2 rings (SSSR count). The standard InChI is InChI=1S/C13H14N4O2/c18-9-11-5-2-1-4-10(11)8-14-13(19)16-12-6-3-7-15-17-12/h1-7,18H,8-9H2,(H2,14,16,17,19). The highest BCUT2D eigenvalue weighted by Gasteiger charge is 2.04. The summed E-state index contributed by atoms with van der Waals surface area (Å²) in [6.07, 6.45) is 1.53. The van der Waals surface area contributed by atoms with Gasteiger partial charge in [-0.1, -0.05) is 24.3 Å². The molecule has 0 aliphatic rings. The Bertz CT molecular complexity index is 545. The Labute approximate surface area is 110 Å². The average Bonchev–Trinajstić information content (AvgIpc) is 2.46. The summed E-state index contributed by atoms with van der Waals surface area (Å²) in [6.45, 7) is 0.284. The summed E-state index contributed by atoms with van der Waals surface area (Å²) in [5.74, 6) is 0.385. The second-order valence-corrected chi connectivity index (χ2v) is 3.84. The Morgan fingerprint density at radius 1 is 1.16 bits per heavy atom. The van der Waals surface area contributed by atoms with Crippen LogP contribution in [0, 0.1) is 0 Å². The SMILES string of the molecule is O=C(NCc1ccccc1CO)Nc1cccnn1. The van der Waals surface area contributed by atoms with Crippen LogP contribution in [0.2, 0.25) is 0 Å². The normalized spacial score (nSPS) is 9.95. The van der Waals surface area contributed by atoms with Crippen molar-refractivity contribution >= 4 is 11.8 Å². The van der Waals surface area contributed by atoms with Crippen LogP contribution in [0.4, 0.5) is 10.6 Å². The second-order valence-electron chi connectivity index (χ2n) is 3.84. The summed E-state index contributed by atoms with van der Waals surface area (Å²) >= 11 is 0. The lowest BCUT2D eigenvalue weighted by molar-refractivity contribution is 0.251. The Balaban J connectivity index is 1.90. The van der Waals surface area contributed by atoms with Crippen molar-refractivity contribution in [3.05, 3.63) is 53.7 Å². The number of anilines is 1. The van der Waals surface area contributed by atoms with Crippen molar-refractivity contribution < 1.29 is 9.90 Å². The van der Waals surface area contributed by atoms with E-state index in [1.54, 1.807) is 12.1 Å². The maximum absolute atomic E-state index is 11.6. The molecule has 0 saturated carbocycles. The lowest BCUT2D eigenvalue weighted by atomic mass is 10.1. The Kier molecular flexibility index (Phi) is 4.41. The first-order chi connectivity index (χ1) is 9.29. The van der Waals surface area contributed by atoms with Gasteiger partial charge in [-0.15, -0.1) is 5.10 Å². The molecule has 0 bridgehead atoms. The van der Waals surface area contributed by atoms with E-state index in [4.69, 9.17) is 0 Å². The molecule has 6 heteroatoms. The van der Waals surface area contributed by atoms with Crippen LogP contribution >= 0.6 is 0 Å². The fourth-order valence-electron chi connectivity index (χ4n) is 1.59. The van der Waals surface area contributed by atoms with E-state index in [1.165, 1.54) is 6.20 Å². The van der Waals surface area contributed by atoms with Gasteiger partial charge in [0.2, 0.25) is 0 Å².